The standard InChI is InChI=1S/C12H21F3N2O/c1-3-4-10(16)11(18)17(7-12(13,14)15)8(2)9-5-6-9/h8-10H,3-7,16H2,1-2H3. The van der Waals surface area contributed by atoms with E-state index in [1.165, 1.54) is 0 Å². The molecule has 0 aromatic heterocycles. The van der Waals surface area contributed by atoms with Crippen LogP contribution in [0.25, 0.3) is 0 Å². The Hall–Kier alpha value is -0.780. The second-order valence-electron chi connectivity index (χ2n) is 5.05. The third-order valence-electron chi connectivity index (χ3n) is 3.35. The summed E-state index contributed by atoms with van der Waals surface area (Å²) in [5.41, 5.74) is 5.65. The highest BCUT2D eigenvalue weighted by molar-refractivity contribution is 5.82. The Morgan fingerprint density at radius 3 is 2.39 bits per heavy atom. The highest BCUT2D eigenvalue weighted by Crippen LogP contribution is 2.36. The van der Waals surface area contributed by atoms with Gasteiger partial charge in [-0.3, -0.25) is 4.79 Å². The predicted octanol–water partition coefficient (Wildman–Crippen LogP) is 2.30. The Labute approximate surface area is 106 Å². The first kappa shape index (κ1) is 15.3. The van der Waals surface area contributed by atoms with Gasteiger partial charge in [0.2, 0.25) is 5.91 Å². The van der Waals surface area contributed by atoms with Crippen molar-refractivity contribution in [3.8, 4) is 0 Å². The van der Waals surface area contributed by atoms with Gasteiger partial charge < -0.3 is 10.6 Å². The molecule has 1 fully saturated rings. The van der Waals surface area contributed by atoms with Gasteiger partial charge in [0.1, 0.15) is 6.54 Å². The monoisotopic (exact) mass is 266 g/mol. The average Bonchev–Trinajstić information content (AvgIpc) is 3.06. The quantitative estimate of drug-likeness (QED) is 0.802. The number of nitrogens with zero attached hydrogens (tertiary/aromatic N) is 1. The zero-order chi connectivity index (χ0) is 13.9. The van der Waals surface area contributed by atoms with E-state index in [9.17, 15) is 18.0 Å². The molecule has 0 heterocycles. The van der Waals surface area contributed by atoms with Crippen molar-refractivity contribution < 1.29 is 18.0 Å². The van der Waals surface area contributed by atoms with E-state index >= 15 is 0 Å². The van der Waals surface area contributed by atoms with Gasteiger partial charge >= 0.3 is 6.18 Å². The van der Waals surface area contributed by atoms with E-state index in [4.69, 9.17) is 5.73 Å². The van der Waals surface area contributed by atoms with Gasteiger partial charge in [-0.05, 0) is 32.1 Å². The highest BCUT2D eigenvalue weighted by atomic mass is 19.4. The molecule has 3 nitrogen and oxygen atoms in total. The van der Waals surface area contributed by atoms with Crippen LogP contribution >= 0.6 is 0 Å². The van der Waals surface area contributed by atoms with Gasteiger partial charge in [-0.2, -0.15) is 13.2 Å². The maximum atomic E-state index is 12.5. The maximum Gasteiger partial charge on any atom is 0.406 e. The number of carbonyl (C=O) groups excluding carboxylic acids is 1. The maximum absolute atomic E-state index is 12.5. The molecule has 0 radical (unpaired) electrons. The number of halogens is 3. The van der Waals surface area contributed by atoms with Gasteiger partial charge in [-0.15, -0.1) is 0 Å². The lowest BCUT2D eigenvalue weighted by molar-refractivity contribution is -0.166. The van der Waals surface area contributed by atoms with Crippen LogP contribution in [0.3, 0.4) is 0 Å². The first-order valence-electron chi connectivity index (χ1n) is 6.39. The molecule has 0 bridgehead atoms. The highest BCUT2D eigenvalue weighted by Gasteiger charge is 2.41. The number of alkyl halides is 3. The Balaban J connectivity index is 2.72. The molecule has 2 unspecified atom stereocenters. The largest absolute Gasteiger partial charge is 0.406 e. The van der Waals surface area contributed by atoms with Gasteiger partial charge in [0.15, 0.2) is 0 Å². The van der Waals surface area contributed by atoms with Crippen LogP contribution in [0.2, 0.25) is 0 Å². The summed E-state index contributed by atoms with van der Waals surface area (Å²) < 4.78 is 37.6. The van der Waals surface area contributed by atoms with Gasteiger partial charge in [0.05, 0.1) is 6.04 Å². The SMILES string of the molecule is CCCC(N)C(=O)N(CC(F)(F)F)C(C)C1CC1. The summed E-state index contributed by atoms with van der Waals surface area (Å²) in [4.78, 5) is 12.9. The van der Waals surface area contributed by atoms with Crippen molar-refractivity contribution in [2.24, 2.45) is 11.7 Å². The van der Waals surface area contributed by atoms with E-state index in [0.717, 1.165) is 17.7 Å². The third-order valence-corrected chi connectivity index (χ3v) is 3.35. The van der Waals surface area contributed by atoms with Crippen LogP contribution in [0.4, 0.5) is 13.2 Å². The predicted molar refractivity (Wildman–Crippen MR) is 62.8 cm³/mol. The number of hydrogen-bond acceptors (Lipinski definition) is 2. The summed E-state index contributed by atoms with van der Waals surface area (Å²) in [6.45, 7) is 2.34. The molecule has 0 aliphatic heterocycles. The average molecular weight is 266 g/mol. The molecule has 1 saturated carbocycles. The van der Waals surface area contributed by atoms with Crippen LogP contribution in [0.1, 0.15) is 39.5 Å². The number of rotatable bonds is 6. The molecule has 6 heteroatoms. The van der Waals surface area contributed by atoms with E-state index < -0.39 is 24.7 Å². The topological polar surface area (TPSA) is 46.3 Å². The first-order valence-corrected chi connectivity index (χ1v) is 6.39. The summed E-state index contributed by atoms with van der Waals surface area (Å²) >= 11 is 0. The molecular weight excluding hydrogens is 245 g/mol. The minimum absolute atomic E-state index is 0.199. The lowest BCUT2D eigenvalue weighted by atomic mass is 10.1. The minimum atomic E-state index is -4.37. The molecule has 2 atom stereocenters. The van der Waals surface area contributed by atoms with Gasteiger partial charge in [-0.25, -0.2) is 0 Å². The zero-order valence-electron chi connectivity index (χ0n) is 10.8. The van der Waals surface area contributed by atoms with Crippen molar-refractivity contribution in [1.29, 1.82) is 0 Å². The molecule has 0 aromatic carbocycles. The molecule has 1 amide bonds. The van der Waals surface area contributed by atoms with Crippen LogP contribution in [0, 0.1) is 5.92 Å². The van der Waals surface area contributed by atoms with E-state index in [1.54, 1.807) is 6.92 Å². The van der Waals surface area contributed by atoms with Gasteiger partial charge in [0, 0.05) is 6.04 Å². The lowest BCUT2D eigenvalue weighted by Gasteiger charge is -2.32. The Bertz CT molecular complexity index is 290. The van der Waals surface area contributed by atoms with Crippen LogP contribution in [-0.2, 0) is 4.79 Å². The molecule has 0 saturated heterocycles. The molecule has 0 aromatic rings. The van der Waals surface area contributed by atoms with E-state index in [-0.39, 0.29) is 12.0 Å². The van der Waals surface area contributed by atoms with Crippen molar-refractivity contribution in [2.75, 3.05) is 6.54 Å². The van der Waals surface area contributed by atoms with E-state index in [2.05, 4.69) is 0 Å². The Kier molecular flexibility index (Phi) is 5.01. The number of amides is 1. The molecule has 2 N–H and O–H groups in total. The number of hydrogen-bond donors (Lipinski definition) is 1. The van der Waals surface area contributed by atoms with Crippen LogP contribution in [0.15, 0.2) is 0 Å². The van der Waals surface area contributed by atoms with Gasteiger partial charge in [-0.1, -0.05) is 13.3 Å². The molecule has 1 aliphatic carbocycles. The lowest BCUT2D eigenvalue weighted by Crippen LogP contribution is -2.51. The van der Waals surface area contributed by atoms with Crippen molar-refractivity contribution in [1.82, 2.24) is 4.90 Å². The van der Waals surface area contributed by atoms with Crippen molar-refractivity contribution in [2.45, 2.75) is 57.8 Å². The summed E-state index contributed by atoms with van der Waals surface area (Å²) in [5, 5.41) is 0. The minimum Gasteiger partial charge on any atom is -0.329 e. The van der Waals surface area contributed by atoms with Crippen LogP contribution in [-0.4, -0.2) is 35.6 Å². The second-order valence-corrected chi connectivity index (χ2v) is 5.05. The number of nitrogens with two attached hydrogens (primary N) is 1. The molecule has 18 heavy (non-hydrogen) atoms. The molecule has 0 spiro atoms. The second kappa shape index (κ2) is 5.91. The molecule has 1 aliphatic rings. The summed E-state index contributed by atoms with van der Waals surface area (Å²) in [7, 11) is 0. The van der Waals surface area contributed by atoms with Crippen molar-refractivity contribution in [3.05, 3.63) is 0 Å². The van der Waals surface area contributed by atoms with Crippen molar-refractivity contribution >= 4 is 5.91 Å². The van der Waals surface area contributed by atoms with Gasteiger partial charge in [0.25, 0.3) is 0 Å². The smallest absolute Gasteiger partial charge is 0.329 e. The molecular formula is C12H21F3N2O. The van der Waals surface area contributed by atoms with E-state index in [0.29, 0.717) is 12.8 Å². The zero-order valence-corrected chi connectivity index (χ0v) is 10.8. The summed E-state index contributed by atoms with van der Waals surface area (Å²) in [6, 6.07) is -1.19. The Morgan fingerprint density at radius 1 is 1.44 bits per heavy atom. The first-order chi connectivity index (χ1) is 8.26. The fourth-order valence-corrected chi connectivity index (χ4v) is 2.10. The fraction of sp³-hybridized carbons (Fsp3) is 0.917. The normalized spacial score (nSPS) is 19.4. The summed E-state index contributed by atoms with van der Waals surface area (Å²) in [5.74, 6) is -0.376. The number of carbonyl (C=O) groups is 1. The molecule has 106 valence electrons. The Morgan fingerprint density at radius 2 is 2.00 bits per heavy atom. The summed E-state index contributed by atoms with van der Waals surface area (Å²) in [6.07, 6.45) is -1.47. The van der Waals surface area contributed by atoms with E-state index in [1.807, 2.05) is 6.92 Å². The van der Waals surface area contributed by atoms with Crippen LogP contribution in [0.5, 0.6) is 0 Å². The van der Waals surface area contributed by atoms with Crippen molar-refractivity contribution in [3.63, 3.8) is 0 Å². The third kappa shape index (κ3) is 4.48. The molecule has 1 rings (SSSR count). The van der Waals surface area contributed by atoms with Crippen LogP contribution < -0.4 is 5.73 Å². The fourth-order valence-electron chi connectivity index (χ4n) is 2.10.